The van der Waals surface area contributed by atoms with Gasteiger partial charge in [-0.1, -0.05) is 18.2 Å². The zero-order chi connectivity index (χ0) is 15.9. The van der Waals surface area contributed by atoms with Crippen molar-refractivity contribution in [1.29, 1.82) is 0 Å². The highest BCUT2D eigenvalue weighted by Gasteiger charge is 2.15. The summed E-state index contributed by atoms with van der Waals surface area (Å²) in [5, 5.41) is 6.37. The third-order valence-corrected chi connectivity index (χ3v) is 3.28. The molecule has 5 N–H and O–H groups in total. The Hall–Kier alpha value is -2.42. The molecule has 0 atom stereocenters. The van der Waals surface area contributed by atoms with Gasteiger partial charge in [0.2, 0.25) is 5.95 Å². The average molecular weight is 316 g/mol. The highest BCUT2D eigenvalue weighted by molar-refractivity contribution is 5.58. The molecule has 1 aliphatic rings. The van der Waals surface area contributed by atoms with Gasteiger partial charge in [0.15, 0.2) is 6.29 Å². The van der Waals surface area contributed by atoms with Crippen LogP contribution in [0.15, 0.2) is 36.4 Å². The van der Waals surface area contributed by atoms with Crippen LogP contribution in [0.5, 0.6) is 0 Å². The van der Waals surface area contributed by atoms with E-state index in [1.165, 1.54) is 0 Å². The number of nitrogens with one attached hydrogen (secondary N) is 3. The first kappa shape index (κ1) is 15.5. The second-order valence-corrected chi connectivity index (χ2v) is 4.98. The quantitative estimate of drug-likeness (QED) is 0.451. The number of nitrogens with two attached hydrogens (primary N) is 1. The molecule has 0 amide bonds. The predicted molar refractivity (Wildman–Crippen MR) is 88.4 cm³/mol. The van der Waals surface area contributed by atoms with E-state index in [1.54, 1.807) is 6.07 Å². The molecular weight excluding hydrogens is 296 g/mol. The maximum atomic E-state index is 5.47. The van der Waals surface area contributed by atoms with Crippen LogP contribution in [0.25, 0.3) is 0 Å². The summed E-state index contributed by atoms with van der Waals surface area (Å²) >= 11 is 0. The van der Waals surface area contributed by atoms with E-state index < -0.39 is 0 Å². The molecule has 1 aromatic carbocycles. The van der Waals surface area contributed by atoms with Gasteiger partial charge in [-0.2, -0.15) is 9.97 Å². The number of para-hydroxylation sites is 1. The summed E-state index contributed by atoms with van der Waals surface area (Å²) < 4.78 is 10.8. The first-order valence-electron chi connectivity index (χ1n) is 7.48. The standard InChI is InChI=1S/C15H20N6O2/c16-21-13-10-12(17-7-6-14-22-8-9-23-14)19-15(20-13)18-11-4-2-1-3-5-11/h1-5,10,14H,6-9,16H2,(H3,17,18,19,20,21). The molecule has 2 heterocycles. The largest absolute Gasteiger partial charge is 0.370 e. The van der Waals surface area contributed by atoms with Gasteiger partial charge in [0, 0.05) is 24.7 Å². The van der Waals surface area contributed by atoms with Gasteiger partial charge in [-0.25, -0.2) is 5.84 Å². The normalized spacial score (nSPS) is 14.7. The Morgan fingerprint density at radius 2 is 1.83 bits per heavy atom. The summed E-state index contributed by atoms with van der Waals surface area (Å²) in [7, 11) is 0. The lowest BCUT2D eigenvalue weighted by atomic mass is 10.3. The van der Waals surface area contributed by atoms with E-state index in [0.29, 0.717) is 37.3 Å². The summed E-state index contributed by atoms with van der Waals surface area (Å²) in [5.74, 6) is 7.13. The molecule has 1 aromatic heterocycles. The smallest absolute Gasteiger partial charge is 0.231 e. The molecule has 0 spiro atoms. The molecule has 0 radical (unpaired) electrons. The molecule has 0 saturated carbocycles. The molecule has 122 valence electrons. The van der Waals surface area contributed by atoms with Gasteiger partial charge in [0.25, 0.3) is 0 Å². The number of nitrogens with zero attached hydrogens (tertiary/aromatic N) is 2. The lowest BCUT2D eigenvalue weighted by Crippen LogP contribution is -2.16. The molecule has 23 heavy (non-hydrogen) atoms. The minimum Gasteiger partial charge on any atom is -0.370 e. The van der Waals surface area contributed by atoms with Gasteiger partial charge in [-0.3, -0.25) is 0 Å². The van der Waals surface area contributed by atoms with Crippen LogP contribution in [0.3, 0.4) is 0 Å². The Labute approximate surface area is 134 Å². The van der Waals surface area contributed by atoms with Crippen LogP contribution in [0, 0.1) is 0 Å². The topological polar surface area (TPSA) is 106 Å². The van der Waals surface area contributed by atoms with Crippen molar-refractivity contribution in [3.63, 3.8) is 0 Å². The number of anilines is 4. The van der Waals surface area contributed by atoms with E-state index in [1.807, 2.05) is 30.3 Å². The number of hydrazine groups is 1. The number of benzene rings is 1. The Morgan fingerprint density at radius 3 is 2.57 bits per heavy atom. The van der Waals surface area contributed by atoms with Crippen LogP contribution >= 0.6 is 0 Å². The molecule has 0 unspecified atom stereocenters. The van der Waals surface area contributed by atoms with E-state index in [4.69, 9.17) is 15.3 Å². The maximum Gasteiger partial charge on any atom is 0.231 e. The van der Waals surface area contributed by atoms with E-state index >= 15 is 0 Å². The fourth-order valence-corrected chi connectivity index (χ4v) is 2.21. The van der Waals surface area contributed by atoms with Crippen LogP contribution in [-0.2, 0) is 9.47 Å². The van der Waals surface area contributed by atoms with Crippen molar-refractivity contribution in [2.24, 2.45) is 5.84 Å². The number of hydrogen-bond acceptors (Lipinski definition) is 8. The van der Waals surface area contributed by atoms with E-state index in [-0.39, 0.29) is 6.29 Å². The van der Waals surface area contributed by atoms with Gasteiger partial charge >= 0.3 is 0 Å². The van der Waals surface area contributed by atoms with Gasteiger partial charge in [0.1, 0.15) is 11.6 Å². The minimum absolute atomic E-state index is 0.140. The number of aromatic nitrogens is 2. The van der Waals surface area contributed by atoms with Crippen molar-refractivity contribution >= 4 is 23.3 Å². The van der Waals surface area contributed by atoms with Crippen molar-refractivity contribution in [3.8, 4) is 0 Å². The highest BCUT2D eigenvalue weighted by atomic mass is 16.7. The summed E-state index contributed by atoms with van der Waals surface area (Å²) in [5.41, 5.74) is 3.45. The van der Waals surface area contributed by atoms with Crippen molar-refractivity contribution in [1.82, 2.24) is 9.97 Å². The SMILES string of the molecule is NNc1cc(NCCC2OCCO2)nc(Nc2ccccc2)n1. The van der Waals surface area contributed by atoms with Crippen molar-refractivity contribution in [2.75, 3.05) is 35.8 Å². The summed E-state index contributed by atoms with van der Waals surface area (Å²) in [6.07, 6.45) is 0.606. The molecule has 0 bridgehead atoms. The van der Waals surface area contributed by atoms with E-state index in [2.05, 4.69) is 26.0 Å². The van der Waals surface area contributed by atoms with Crippen LogP contribution in [0.4, 0.5) is 23.3 Å². The second kappa shape index (κ2) is 7.73. The molecule has 1 aliphatic heterocycles. The first-order valence-corrected chi connectivity index (χ1v) is 7.48. The van der Waals surface area contributed by atoms with Crippen LogP contribution in [0.2, 0.25) is 0 Å². The lowest BCUT2D eigenvalue weighted by Gasteiger charge is -2.12. The molecule has 2 aromatic rings. The Kier molecular flexibility index (Phi) is 5.20. The molecule has 8 heteroatoms. The van der Waals surface area contributed by atoms with Crippen LogP contribution < -0.4 is 21.9 Å². The van der Waals surface area contributed by atoms with E-state index in [9.17, 15) is 0 Å². The Bertz CT molecular complexity index is 619. The van der Waals surface area contributed by atoms with Gasteiger partial charge in [-0.15, -0.1) is 0 Å². The van der Waals surface area contributed by atoms with Gasteiger partial charge in [0.05, 0.1) is 13.2 Å². The van der Waals surface area contributed by atoms with Crippen LogP contribution in [-0.4, -0.2) is 36.0 Å². The summed E-state index contributed by atoms with van der Waals surface area (Å²) in [4.78, 5) is 8.72. The zero-order valence-electron chi connectivity index (χ0n) is 12.7. The van der Waals surface area contributed by atoms with Crippen molar-refractivity contribution in [2.45, 2.75) is 12.7 Å². The Balaban J connectivity index is 1.63. The van der Waals surface area contributed by atoms with Crippen molar-refractivity contribution < 1.29 is 9.47 Å². The number of ether oxygens (including phenoxy) is 2. The highest BCUT2D eigenvalue weighted by Crippen LogP contribution is 2.18. The van der Waals surface area contributed by atoms with Gasteiger partial charge < -0.3 is 25.5 Å². The molecule has 1 saturated heterocycles. The molecule has 0 aliphatic carbocycles. The molecular formula is C15H20N6O2. The van der Waals surface area contributed by atoms with Gasteiger partial charge in [-0.05, 0) is 12.1 Å². The predicted octanol–water partition coefficient (Wildman–Crippen LogP) is 1.68. The monoisotopic (exact) mass is 316 g/mol. The third kappa shape index (κ3) is 4.52. The first-order chi connectivity index (χ1) is 11.3. The zero-order valence-corrected chi connectivity index (χ0v) is 12.7. The average Bonchev–Trinajstić information content (AvgIpc) is 3.09. The van der Waals surface area contributed by atoms with Crippen molar-refractivity contribution in [3.05, 3.63) is 36.4 Å². The lowest BCUT2D eigenvalue weighted by molar-refractivity contribution is -0.0439. The molecule has 1 fully saturated rings. The number of hydrogen-bond donors (Lipinski definition) is 4. The third-order valence-electron chi connectivity index (χ3n) is 3.28. The van der Waals surface area contributed by atoms with E-state index in [0.717, 1.165) is 12.1 Å². The minimum atomic E-state index is -0.140. The molecule has 8 nitrogen and oxygen atoms in total. The number of rotatable bonds is 7. The summed E-state index contributed by atoms with van der Waals surface area (Å²) in [6.45, 7) is 1.99. The number of nitrogen functional groups attached to an aromatic ring is 1. The fourth-order valence-electron chi connectivity index (χ4n) is 2.21. The fraction of sp³-hybridized carbons (Fsp3) is 0.333. The Morgan fingerprint density at radius 1 is 1.09 bits per heavy atom. The summed E-state index contributed by atoms with van der Waals surface area (Å²) in [6, 6.07) is 11.4. The second-order valence-electron chi connectivity index (χ2n) is 4.98. The van der Waals surface area contributed by atoms with Crippen LogP contribution in [0.1, 0.15) is 6.42 Å². The maximum absolute atomic E-state index is 5.47. The molecule has 3 rings (SSSR count).